The van der Waals surface area contributed by atoms with Gasteiger partial charge in [-0.3, -0.25) is 0 Å². The Kier molecular flexibility index (Phi) is 4.32. The number of nitrogens with zero attached hydrogens (tertiary/aromatic N) is 4. The van der Waals surface area contributed by atoms with E-state index in [4.69, 9.17) is 9.72 Å². The third-order valence-electron chi connectivity index (χ3n) is 4.84. The zero-order valence-corrected chi connectivity index (χ0v) is 14.2. The Hall–Kier alpha value is -2.17. The minimum atomic E-state index is 0.592. The van der Waals surface area contributed by atoms with Crippen LogP contribution in [-0.2, 0) is 0 Å². The normalized spacial score (nSPS) is 18.6. The van der Waals surface area contributed by atoms with E-state index in [1.165, 1.54) is 12.8 Å². The number of pyridine rings is 1. The maximum atomic E-state index is 5.81. The second-order valence-electron chi connectivity index (χ2n) is 6.91. The molecule has 2 aromatic heterocycles. The Balaban J connectivity index is 1.33. The molecular weight excluding hydrogens is 300 g/mol. The van der Waals surface area contributed by atoms with Gasteiger partial charge in [0.25, 0.3) is 0 Å². The van der Waals surface area contributed by atoms with Crippen LogP contribution in [0.25, 0.3) is 0 Å². The summed E-state index contributed by atoms with van der Waals surface area (Å²) in [6.45, 7) is 4.90. The highest BCUT2D eigenvalue weighted by atomic mass is 16.5. The fourth-order valence-electron chi connectivity index (χ4n) is 3.22. The summed E-state index contributed by atoms with van der Waals surface area (Å²) in [4.78, 5) is 16.0. The van der Waals surface area contributed by atoms with Crippen LogP contribution in [0.2, 0.25) is 0 Å². The van der Waals surface area contributed by atoms with Crippen molar-refractivity contribution in [1.82, 2.24) is 15.0 Å². The molecular formula is C19H24N4O. The number of hydrogen-bond donors (Lipinski definition) is 0. The van der Waals surface area contributed by atoms with Crippen LogP contribution in [0.5, 0.6) is 5.88 Å². The molecule has 126 valence electrons. The van der Waals surface area contributed by atoms with Crippen molar-refractivity contribution in [2.45, 2.75) is 38.5 Å². The summed E-state index contributed by atoms with van der Waals surface area (Å²) in [5.41, 5.74) is 1.09. The SMILES string of the molecule is Cc1cc(N2CCC(COc3ccccn3)CC2)nc(C2CC2)n1. The monoisotopic (exact) mass is 324 g/mol. The van der Waals surface area contributed by atoms with Crippen LogP contribution in [0, 0.1) is 12.8 Å². The van der Waals surface area contributed by atoms with E-state index >= 15 is 0 Å². The van der Waals surface area contributed by atoms with Gasteiger partial charge < -0.3 is 9.64 Å². The van der Waals surface area contributed by atoms with Crippen molar-refractivity contribution in [1.29, 1.82) is 0 Å². The van der Waals surface area contributed by atoms with Crippen molar-refractivity contribution < 1.29 is 4.74 Å². The topological polar surface area (TPSA) is 51.1 Å². The van der Waals surface area contributed by atoms with Gasteiger partial charge >= 0.3 is 0 Å². The van der Waals surface area contributed by atoms with Gasteiger partial charge in [0, 0.05) is 43.0 Å². The first-order valence-electron chi connectivity index (χ1n) is 8.92. The average molecular weight is 324 g/mol. The van der Waals surface area contributed by atoms with Crippen LogP contribution < -0.4 is 9.64 Å². The molecule has 1 aliphatic carbocycles. The van der Waals surface area contributed by atoms with Crippen LogP contribution >= 0.6 is 0 Å². The minimum Gasteiger partial charge on any atom is -0.477 e. The number of rotatable bonds is 5. The molecule has 0 bridgehead atoms. The zero-order valence-electron chi connectivity index (χ0n) is 14.2. The molecule has 1 aliphatic heterocycles. The molecule has 24 heavy (non-hydrogen) atoms. The molecule has 5 heteroatoms. The van der Waals surface area contributed by atoms with Gasteiger partial charge in [-0.05, 0) is 44.6 Å². The summed E-state index contributed by atoms with van der Waals surface area (Å²) in [5, 5.41) is 0. The Morgan fingerprint density at radius 2 is 1.96 bits per heavy atom. The van der Waals surface area contributed by atoms with E-state index in [0.717, 1.165) is 55.8 Å². The van der Waals surface area contributed by atoms with E-state index < -0.39 is 0 Å². The molecule has 0 atom stereocenters. The fraction of sp³-hybridized carbons (Fsp3) is 0.526. The van der Waals surface area contributed by atoms with Crippen LogP contribution in [0.1, 0.15) is 43.1 Å². The van der Waals surface area contributed by atoms with Gasteiger partial charge in [0.15, 0.2) is 0 Å². The number of hydrogen-bond acceptors (Lipinski definition) is 5. The fourth-order valence-corrected chi connectivity index (χ4v) is 3.22. The lowest BCUT2D eigenvalue weighted by Crippen LogP contribution is -2.36. The van der Waals surface area contributed by atoms with E-state index in [0.29, 0.717) is 11.8 Å². The van der Waals surface area contributed by atoms with Gasteiger partial charge in [-0.1, -0.05) is 6.07 Å². The number of ether oxygens (including phenoxy) is 1. The van der Waals surface area contributed by atoms with Gasteiger partial charge in [-0.15, -0.1) is 0 Å². The molecule has 0 radical (unpaired) electrons. The predicted octanol–water partition coefficient (Wildman–Crippen LogP) is 3.35. The predicted molar refractivity (Wildman–Crippen MR) is 93.4 cm³/mol. The van der Waals surface area contributed by atoms with Crippen LogP contribution in [0.15, 0.2) is 30.5 Å². The van der Waals surface area contributed by atoms with Gasteiger partial charge in [-0.2, -0.15) is 0 Å². The highest BCUT2D eigenvalue weighted by Gasteiger charge is 2.28. The summed E-state index contributed by atoms with van der Waals surface area (Å²) in [7, 11) is 0. The van der Waals surface area contributed by atoms with E-state index in [1.54, 1.807) is 6.20 Å². The lowest BCUT2D eigenvalue weighted by atomic mass is 9.98. The number of piperidine rings is 1. The first-order chi connectivity index (χ1) is 11.8. The van der Waals surface area contributed by atoms with E-state index in [1.807, 2.05) is 18.2 Å². The molecule has 0 aromatic carbocycles. The molecule has 0 amide bonds. The number of aromatic nitrogens is 3. The third-order valence-corrected chi connectivity index (χ3v) is 4.84. The summed E-state index contributed by atoms with van der Waals surface area (Å²) in [6, 6.07) is 7.90. The summed E-state index contributed by atoms with van der Waals surface area (Å²) in [5.74, 6) is 4.07. The van der Waals surface area contributed by atoms with Crippen molar-refractivity contribution in [3.05, 3.63) is 42.0 Å². The lowest BCUT2D eigenvalue weighted by molar-refractivity contribution is 0.216. The molecule has 0 N–H and O–H groups in total. The van der Waals surface area contributed by atoms with E-state index in [-0.39, 0.29) is 0 Å². The van der Waals surface area contributed by atoms with Gasteiger partial charge in [0.1, 0.15) is 11.6 Å². The molecule has 1 saturated heterocycles. The van der Waals surface area contributed by atoms with E-state index in [2.05, 4.69) is 27.9 Å². The molecule has 4 rings (SSSR count). The van der Waals surface area contributed by atoms with E-state index in [9.17, 15) is 0 Å². The summed E-state index contributed by atoms with van der Waals surface area (Å²) in [6.07, 6.45) is 6.53. The molecule has 2 aliphatic rings. The molecule has 5 nitrogen and oxygen atoms in total. The average Bonchev–Trinajstić information content (AvgIpc) is 3.46. The molecule has 1 saturated carbocycles. The van der Waals surface area contributed by atoms with Crippen molar-refractivity contribution in [3.8, 4) is 5.88 Å². The van der Waals surface area contributed by atoms with Crippen LogP contribution in [-0.4, -0.2) is 34.6 Å². The Bertz CT molecular complexity index is 679. The molecule has 2 fully saturated rings. The smallest absolute Gasteiger partial charge is 0.213 e. The summed E-state index contributed by atoms with van der Waals surface area (Å²) < 4.78 is 5.81. The van der Waals surface area contributed by atoms with Crippen LogP contribution in [0.4, 0.5) is 5.82 Å². The van der Waals surface area contributed by atoms with Crippen molar-refractivity contribution >= 4 is 5.82 Å². The Labute approximate surface area is 143 Å². The molecule has 0 unspecified atom stereocenters. The first kappa shape index (κ1) is 15.4. The maximum Gasteiger partial charge on any atom is 0.213 e. The Morgan fingerprint density at radius 1 is 1.12 bits per heavy atom. The molecule has 2 aromatic rings. The quantitative estimate of drug-likeness (QED) is 0.844. The maximum absolute atomic E-state index is 5.81. The second-order valence-corrected chi connectivity index (χ2v) is 6.91. The highest BCUT2D eigenvalue weighted by molar-refractivity contribution is 5.41. The Morgan fingerprint density at radius 3 is 2.67 bits per heavy atom. The van der Waals surface area contributed by atoms with Crippen molar-refractivity contribution in [2.75, 3.05) is 24.6 Å². The van der Waals surface area contributed by atoms with Gasteiger partial charge in [0.05, 0.1) is 6.61 Å². The van der Waals surface area contributed by atoms with Gasteiger partial charge in [-0.25, -0.2) is 15.0 Å². The van der Waals surface area contributed by atoms with Crippen molar-refractivity contribution in [2.24, 2.45) is 5.92 Å². The van der Waals surface area contributed by atoms with Crippen molar-refractivity contribution in [3.63, 3.8) is 0 Å². The zero-order chi connectivity index (χ0) is 16.4. The minimum absolute atomic E-state index is 0.592. The van der Waals surface area contributed by atoms with Crippen LogP contribution in [0.3, 0.4) is 0 Å². The van der Waals surface area contributed by atoms with Gasteiger partial charge in [0.2, 0.25) is 5.88 Å². The summed E-state index contributed by atoms with van der Waals surface area (Å²) >= 11 is 0. The third kappa shape index (κ3) is 3.66. The lowest BCUT2D eigenvalue weighted by Gasteiger charge is -2.32. The number of anilines is 1. The number of aryl methyl sites for hydroxylation is 1. The second kappa shape index (κ2) is 6.75. The standard InChI is InChI=1S/C19H24N4O/c1-14-12-17(22-19(21-14)16-5-6-16)23-10-7-15(8-11-23)13-24-18-4-2-3-9-20-18/h2-4,9,12,15-16H,5-8,10-11,13H2,1H3. The highest BCUT2D eigenvalue weighted by Crippen LogP contribution is 2.38. The first-order valence-corrected chi connectivity index (χ1v) is 8.92. The molecule has 3 heterocycles. The largest absolute Gasteiger partial charge is 0.477 e. The molecule has 0 spiro atoms.